The zero-order chi connectivity index (χ0) is 20.4. The van der Waals surface area contributed by atoms with Crippen molar-refractivity contribution in [1.29, 1.82) is 0 Å². The fourth-order valence-corrected chi connectivity index (χ4v) is 5.82. The lowest BCUT2D eigenvalue weighted by molar-refractivity contribution is 0.180. The molecule has 152 valence electrons. The first kappa shape index (κ1) is 20.4. The number of sulfonamides is 1. The van der Waals surface area contributed by atoms with Crippen molar-refractivity contribution >= 4 is 33.2 Å². The van der Waals surface area contributed by atoms with Crippen LogP contribution in [-0.2, 0) is 16.6 Å². The smallest absolute Gasteiger partial charge is 0.246 e. The first-order valence-electron chi connectivity index (χ1n) is 9.11. The van der Waals surface area contributed by atoms with Gasteiger partial charge < -0.3 is 4.42 Å². The van der Waals surface area contributed by atoms with E-state index in [0.29, 0.717) is 38.6 Å². The van der Waals surface area contributed by atoms with Crippen LogP contribution in [0.4, 0.5) is 0 Å². The highest BCUT2D eigenvalue weighted by molar-refractivity contribution is 7.89. The summed E-state index contributed by atoms with van der Waals surface area (Å²) in [6.07, 6.45) is 1.65. The Morgan fingerprint density at radius 3 is 2.24 bits per heavy atom. The Balaban J connectivity index is 1.41. The van der Waals surface area contributed by atoms with Gasteiger partial charge in [0.05, 0.1) is 15.7 Å². The summed E-state index contributed by atoms with van der Waals surface area (Å²) in [5.74, 6) is 0.579. The predicted molar refractivity (Wildman–Crippen MR) is 112 cm³/mol. The first-order chi connectivity index (χ1) is 13.9. The van der Waals surface area contributed by atoms with Crippen molar-refractivity contribution in [3.63, 3.8) is 0 Å². The molecule has 0 spiro atoms. The Kier molecular flexibility index (Phi) is 5.94. The van der Waals surface area contributed by atoms with E-state index >= 15 is 0 Å². The lowest BCUT2D eigenvalue weighted by Crippen LogP contribution is -2.48. The zero-order valence-electron chi connectivity index (χ0n) is 15.5. The van der Waals surface area contributed by atoms with E-state index in [1.165, 1.54) is 16.4 Å². The Morgan fingerprint density at radius 1 is 0.931 bits per heavy atom. The molecule has 3 aromatic rings. The van der Waals surface area contributed by atoms with Gasteiger partial charge in [0.2, 0.25) is 15.9 Å². The molecule has 0 amide bonds. The van der Waals surface area contributed by atoms with Gasteiger partial charge in [-0.3, -0.25) is 4.90 Å². The molecule has 0 atom stereocenters. The van der Waals surface area contributed by atoms with Crippen molar-refractivity contribution in [3.8, 4) is 11.5 Å². The van der Waals surface area contributed by atoms with Gasteiger partial charge in [-0.05, 0) is 24.3 Å². The van der Waals surface area contributed by atoms with Gasteiger partial charge in [-0.25, -0.2) is 13.4 Å². The highest BCUT2D eigenvalue weighted by atomic mass is 35.5. The van der Waals surface area contributed by atoms with E-state index in [4.69, 9.17) is 27.6 Å². The molecule has 1 aliphatic rings. The number of hydrogen-bond donors (Lipinski definition) is 0. The molecule has 6 nitrogen and oxygen atoms in total. The minimum Gasteiger partial charge on any atom is -0.444 e. The second-order valence-corrected chi connectivity index (χ2v) is 9.43. The van der Waals surface area contributed by atoms with E-state index in [9.17, 15) is 8.42 Å². The van der Waals surface area contributed by atoms with Crippen LogP contribution in [-0.4, -0.2) is 48.8 Å². The third-order valence-corrected chi connectivity index (χ3v) is 7.66. The summed E-state index contributed by atoms with van der Waals surface area (Å²) < 4.78 is 32.9. The lowest BCUT2D eigenvalue weighted by Gasteiger charge is -2.33. The summed E-state index contributed by atoms with van der Waals surface area (Å²) in [6, 6.07) is 14.4. The van der Waals surface area contributed by atoms with E-state index in [1.807, 2.05) is 30.3 Å². The molecule has 0 radical (unpaired) electrons. The quantitative estimate of drug-likeness (QED) is 0.582. The molecule has 1 saturated heterocycles. The largest absolute Gasteiger partial charge is 0.444 e. The van der Waals surface area contributed by atoms with Crippen LogP contribution in [0.3, 0.4) is 0 Å². The normalized spacial score (nSPS) is 16.2. The van der Waals surface area contributed by atoms with Crippen LogP contribution in [0.15, 0.2) is 64.1 Å². The van der Waals surface area contributed by atoms with Gasteiger partial charge in [-0.2, -0.15) is 4.31 Å². The molecule has 2 aromatic carbocycles. The minimum absolute atomic E-state index is 0.0270. The molecule has 0 bridgehead atoms. The summed E-state index contributed by atoms with van der Waals surface area (Å²) in [6.45, 7) is 2.46. The number of hydrogen-bond acceptors (Lipinski definition) is 5. The Labute approximate surface area is 179 Å². The molecule has 2 heterocycles. The molecular formula is C20H19Cl2N3O3S. The van der Waals surface area contributed by atoms with Gasteiger partial charge in [0.25, 0.3) is 0 Å². The van der Waals surface area contributed by atoms with Crippen molar-refractivity contribution in [1.82, 2.24) is 14.2 Å². The topological polar surface area (TPSA) is 66.7 Å². The Bertz CT molecular complexity index is 1070. The van der Waals surface area contributed by atoms with Crippen LogP contribution >= 0.6 is 23.2 Å². The van der Waals surface area contributed by atoms with Crippen LogP contribution in [0, 0.1) is 0 Å². The first-order valence-corrected chi connectivity index (χ1v) is 11.3. The fourth-order valence-electron chi connectivity index (χ4n) is 3.31. The van der Waals surface area contributed by atoms with Crippen LogP contribution in [0.25, 0.3) is 11.5 Å². The van der Waals surface area contributed by atoms with Gasteiger partial charge in [-0.1, -0.05) is 47.5 Å². The summed E-state index contributed by atoms with van der Waals surface area (Å²) in [4.78, 5) is 6.66. The second-order valence-electron chi connectivity index (χ2n) is 6.74. The SMILES string of the molecule is O=S(=O)(c1c(Cl)cccc1Cl)N1CCN(Cc2coc(-c3ccccc3)n2)CC1. The third kappa shape index (κ3) is 4.34. The summed E-state index contributed by atoms with van der Waals surface area (Å²) in [5, 5.41) is 0.270. The van der Waals surface area contributed by atoms with E-state index in [2.05, 4.69) is 9.88 Å². The number of aromatic nitrogens is 1. The van der Waals surface area contributed by atoms with Gasteiger partial charge in [0.15, 0.2) is 0 Å². The second kappa shape index (κ2) is 8.45. The highest BCUT2D eigenvalue weighted by Crippen LogP contribution is 2.32. The van der Waals surface area contributed by atoms with Gasteiger partial charge in [0, 0.05) is 38.3 Å². The average molecular weight is 452 g/mol. The van der Waals surface area contributed by atoms with Crippen LogP contribution in [0.1, 0.15) is 5.69 Å². The van der Waals surface area contributed by atoms with Gasteiger partial charge in [0.1, 0.15) is 11.2 Å². The standard InChI is InChI=1S/C20H19Cl2N3O3S/c21-17-7-4-8-18(22)19(17)29(26,27)25-11-9-24(10-12-25)13-16-14-28-20(23-16)15-5-2-1-3-6-15/h1-8,14H,9-13H2. The minimum atomic E-state index is -3.74. The molecule has 1 fully saturated rings. The molecule has 1 aliphatic heterocycles. The highest BCUT2D eigenvalue weighted by Gasteiger charge is 2.32. The van der Waals surface area contributed by atoms with Gasteiger partial charge in [-0.15, -0.1) is 0 Å². The molecular weight excluding hydrogens is 433 g/mol. The number of piperazine rings is 1. The maximum absolute atomic E-state index is 13.0. The number of halogens is 2. The van der Waals surface area contributed by atoms with Crippen molar-refractivity contribution in [2.75, 3.05) is 26.2 Å². The van der Waals surface area contributed by atoms with Crippen molar-refractivity contribution in [3.05, 3.63) is 70.5 Å². The molecule has 9 heteroatoms. The van der Waals surface area contributed by atoms with Crippen molar-refractivity contribution in [2.45, 2.75) is 11.4 Å². The Morgan fingerprint density at radius 2 is 1.59 bits per heavy atom. The number of benzene rings is 2. The molecule has 29 heavy (non-hydrogen) atoms. The van der Waals surface area contributed by atoms with Crippen LogP contribution in [0.5, 0.6) is 0 Å². The maximum atomic E-state index is 13.0. The van der Waals surface area contributed by atoms with Gasteiger partial charge >= 0.3 is 0 Å². The monoisotopic (exact) mass is 451 g/mol. The molecule has 0 unspecified atom stereocenters. The average Bonchev–Trinajstić information content (AvgIpc) is 3.17. The van der Waals surface area contributed by atoms with Crippen molar-refractivity contribution < 1.29 is 12.8 Å². The summed E-state index contributed by atoms with van der Waals surface area (Å²) >= 11 is 12.2. The molecule has 0 saturated carbocycles. The van der Waals surface area contributed by atoms with E-state index < -0.39 is 10.0 Å². The van der Waals surface area contributed by atoms with Crippen LogP contribution < -0.4 is 0 Å². The number of rotatable bonds is 5. The molecule has 0 aliphatic carbocycles. The molecule has 4 rings (SSSR count). The van der Waals surface area contributed by atoms with E-state index in [-0.39, 0.29) is 14.9 Å². The molecule has 1 aromatic heterocycles. The number of oxazole rings is 1. The summed E-state index contributed by atoms with van der Waals surface area (Å²) in [5.41, 5.74) is 1.74. The van der Waals surface area contributed by atoms with E-state index in [0.717, 1.165) is 11.3 Å². The van der Waals surface area contributed by atoms with E-state index in [1.54, 1.807) is 12.3 Å². The van der Waals surface area contributed by atoms with Crippen molar-refractivity contribution in [2.24, 2.45) is 0 Å². The molecule has 0 N–H and O–H groups in total. The maximum Gasteiger partial charge on any atom is 0.246 e. The lowest BCUT2D eigenvalue weighted by atomic mass is 10.2. The summed E-state index contributed by atoms with van der Waals surface area (Å²) in [7, 11) is -3.74. The Hall–Kier alpha value is -1.90. The zero-order valence-corrected chi connectivity index (χ0v) is 17.8. The predicted octanol–water partition coefficient (Wildman–Crippen LogP) is 4.15. The fraction of sp³-hybridized carbons (Fsp3) is 0.250. The third-order valence-electron chi connectivity index (χ3n) is 4.81. The van der Waals surface area contributed by atoms with Crippen LogP contribution in [0.2, 0.25) is 10.0 Å². The number of nitrogens with zero attached hydrogens (tertiary/aromatic N) is 3.